The summed E-state index contributed by atoms with van der Waals surface area (Å²) in [7, 11) is 0. The molecule has 0 amide bonds. The Balaban J connectivity index is 1.87. The first kappa shape index (κ1) is 12.2. The summed E-state index contributed by atoms with van der Waals surface area (Å²) in [6.45, 7) is 2.91. The quantitative estimate of drug-likeness (QED) is 0.530. The van der Waals surface area contributed by atoms with Gasteiger partial charge in [0.05, 0.1) is 5.52 Å². The summed E-state index contributed by atoms with van der Waals surface area (Å²) in [5.41, 5.74) is 4.68. The summed E-state index contributed by atoms with van der Waals surface area (Å²) in [5.74, 6) is 0. The summed E-state index contributed by atoms with van der Waals surface area (Å²) in [6.07, 6.45) is 2.14. The number of fused-ring (bicyclic) bond motifs is 2. The number of hydrogen-bond donors (Lipinski definition) is 0. The summed E-state index contributed by atoms with van der Waals surface area (Å²) in [4.78, 5) is 4.61. The maximum Gasteiger partial charge on any atom is 0.0708 e. The first-order valence-electron chi connectivity index (χ1n) is 7.11. The van der Waals surface area contributed by atoms with Gasteiger partial charge in [-0.05, 0) is 48.9 Å². The van der Waals surface area contributed by atoms with E-state index in [9.17, 15) is 0 Å². The molecule has 0 N–H and O–H groups in total. The number of aromatic nitrogens is 2. The fourth-order valence-electron chi connectivity index (χ4n) is 2.93. The van der Waals surface area contributed by atoms with Gasteiger partial charge in [0.25, 0.3) is 0 Å². The van der Waals surface area contributed by atoms with Crippen molar-refractivity contribution in [2.45, 2.75) is 13.5 Å². The third kappa shape index (κ3) is 2.09. The molecule has 2 nitrogen and oxygen atoms in total. The van der Waals surface area contributed by atoms with Gasteiger partial charge in [0.1, 0.15) is 0 Å². The number of nitrogens with zero attached hydrogens (tertiary/aromatic N) is 2. The third-order valence-electron chi connectivity index (χ3n) is 3.89. The Labute approximate surface area is 123 Å². The molecule has 2 heterocycles. The van der Waals surface area contributed by atoms with Crippen LogP contribution in [-0.2, 0) is 6.54 Å². The highest BCUT2D eigenvalue weighted by molar-refractivity contribution is 5.83. The van der Waals surface area contributed by atoms with E-state index in [1.165, 1.54) is 21.9 Å². The number of rotatable bonds is 2. The number of aryl methyl sites for hydroxylation is 1. The van der Waals surface area contributed by atoms with Crippen LogP contribution in [0.5, 0.6) is 0 Å². The summed E-state index contributed by atoms with van der Waals surface area (Å²) >= 11 is 0. The van der Waals surface area contributed by atoms with Gasteiger partial charge in [-0.3, -0.25) is 4.98 Å². The minimum atomic E-state index is 0.859. The smallest absolute Gasteiger partial charge is 0.0708 e. The highest BCUT2D eigenvalue weighted by Crippen LogP contribution is 2.22. The maximum absolute atomic E-state index is 4.61. The second kappa shape index (κ2) is 4.74. The zero-order valence-electron chi connectivity index (χ0n) is 11.9. The molecule has 4 rings (SSSR count). The van der Waals surface area contributed by atoms with E-state index in [-0.39, 0.29) is 0 Å². The number of hydrogen-bond acceptors (Lipinski definition) is 1. The zero-order chi connectivity index (χ0) is 14.2. The van der Waals surface area contributed by atoms with Gasteiger partial charge in [0, 0.05) is 34.7 Å². The molecule has 1 radical (unpaired) electrons. The molecule has 0 bridgehead atoms. The molecule has 0 fully saturated rings. The molecule has 0 aliphatic carbocycles. The monoisotopic (exact) mass is 271 g/mol. The Kier molecular flexibility index (Phi) is 2.74. The van der Waals surface area contributed by atoms with E-state index in [4.69, 9.17) is 0 Å². The number of pyridine rings is 1. The Bertz CT molecular complexity index is 935. The molecule has 0 spiro atoms. The Morgan fingerprint density at radius 3 is 3.00 bits per heavy atom. The average molecular weight is 271 g/mol. The molecule has 0 unspecified atom stereocenters. The molecule has 4 aromatic rings. The first-order chi connectivity index (χ1) is 10.3. The van der Waals surface area contributed by atoms with Crippen molar-refractivity contribution in [1.29, 1.82) is 0 Å². The maximum atomic E-state index is 4.61. The topological polar surface area (TPSA) is 17.8 Å². The molecule has 0 saturated carbocycles. The van der Waals surface area contributed by atoms with Crippen molar-refractivity contribution in [3.8, 4) is 0 Å². The predicted octanol–water partition coefficient (Wildman–Crippen LogP) is 4.35. The molecule has 2 heteroatoms. The second-order valence-electron chi connectivity index (χ2n) is 5.37. The zero-order valence-corrected chi connectivity index (χ0v) is 11.9. The van der Waals surface area contributed by atoms with Gasteiger partial charge in [0.15, 0.2) is 0 Å². The van der Waals surface area contributed by atoms with Gasteiger partial charge in [-0.2, -0.15) is 0 Å². The highest BCUT2D eigenvalue weighted by atomic mass is 14.9. The van der Waals surface area contributed by atoms with E-state index >= 15 is 0 Å². The SMILES string of the molecule is Cc1cc(Cn2ccc3c[c]ccc32)c2ccccc2n1. The molecule has 2 aromatic carbocycles. The molecule has 0 aliphatic rings. The molecule has 2 aromatic heterocycles. The third-order valence-corrected chi connectivity index (χ3v) is 3.89. The van der Waals surface area contributed by atoms with Crippen LogP contribution < -0.4 is 0 Å². The van der Waals surface area contributed by atoms with E-state index < -0.39 is 0 Å². The lowest BCUT2D eigenvalue weighted by Gasteiger charge is -2.10. The fourth-order valence-corrected chi connectivity index (χ4v) is 2.93. The van der Waals surface area contributed by atoms with Gasteiger partial charge in [0.2, 0.25) is 0 Å². The Morgan fingerprint density at radius 1 is 1.14 bits per heavy atom. The van der Waals surface area contributed by atoms with Crippen LogP contribution in [0.2, 0.25) is 0 Å². The molecular weight excluding hydrogens is 256 g/mol. The second-order valence-corrected chi connectivity index (χ2v) is 5.37. The minimum absolute atomic E-state index is 0.859. The van der Waals surface area contributed by atoms with Crippen LogP contribution in [0.4, 0.5) is 0 Å². The minimum Gasteiger partial charge on any atom is -0.343 e. The van der Waals surface area contributed by atoms with Crippen molar-refractivity contribution in [2.75, 3.05) is 0 Å². The standard InChI is InChI=1S/C19H15N2/c1-14-12-16(17-7-3-4-8-18(17)20-14)13-21-11-10-15-6-2-5-9-19(15)21/h3-12H,13H2,1H3. The molecule has 101 valence electrons. The van der Waals surface area contributed by atoms with E-state index in [1.54, 1.807) is 0 Å². The number of benzene rings is 2. The van der Waals surface area contributed by atoms with Crippen LogP contribution in [0.15, 0.2) is 60.8 Å². The van der Waals surface area contributed by atoms with E-state index in [0.717, 1.165) is 17.8 Å². The van der Waals surface area contributed by atoms with Gasteiger partial charge in [-0.15, -0.1) is 0 Å². The van der Waals surface area contributed by atoms with E-state index in [0.29, 0.717) is 0 Å². The first-order valence-corrected chi connectivity index (χ1v) is 7.11. The van der Waals surface area contributed by atoms with E-state index in [1.807, 2.05) is 18.2 Å². The fraction of sp³-hybridized carbons (Fsp3) is 0.105. The normalized spacial score (nSPS) is 11.3. The summed E-state index contributed by atoms with van der Waals surface area (Å²) in [5, 5.41) is 2.46. The van der Waals surface area contributed by atoms with Crippen LogP contribution >= 0.6 is 0 Å². The molecule has 21 heavy (non-hydrogen) atoms. The lowest BCUT2D eigenvalue weighted by atomic mass is 10.1. The molecule has 0 saturated heterocycles. The van der Waals surface area contributed by atoms with Crippen LogP contribution in [0.3, 0.4) is 0 Å². The van der Waals surface area contributed by atoms with Gasteiger partial charge < -0.3 is 4.57 Å². The van der Waals surface area contributed by atoms with Crippen molar-refractivity contribution in [1.82, 2.24) is 9.55 Å². The van der Waals surface area contributed by atoms with Crippen molar-refractivity contribution in [2.24, 2.45) is 0 Å². The van der Waals surface area contributed by atoms with E-state index in [2.05, 4.69) is 65.1 Å². The summed E-state index contributed by atoms with van der Waals surface area (Å²) < 4.78 is 2.28. The Morgan fingerprint density at radius 2 is 2.05 bits per heavy atom. The van der Waals surface area contributed by atoms with Crippen LogP contribution in [-0.4, -0.2) is 9.55 Å². The van der Waals surface area contributed by atoms with Gasteiger partial charge >= 0.3 is 0 Å². The number of para-hydroxylation sites is 1. The molecular formula is C19H15N2. The predicted molar refractivity (Wildman–Crippen MR) is 86.4 cm³/mol. The molecule has 0 aliphatic heterocycles. The summed E-state index contributed by atoms with van der Waals surface area (Å²) in [6, 6.07) is 21.9. The lowest BCUT2D eigenvalue weighted by molar-refractivity contribution is 0.840. The van der Waals surface area contributed by atoms with Crippen molar-refractivity contribution in [3.63, 3.8) is 0 Å². The highest BCUT2D eigenvalue weighted by Gasteiger charge is 2.06. The van der Waals surface area contributed by atoms with Crippen molar-refractivity contribution >= 4 is 21.8 Å². The van der Waals surface area contributed by atoms with Crippen LogP contribution in [0.1, 0.15) is 11.3 Å². The van der Waals surface area contributed by atoms with Crippen molar-refractivity contribution < 1.29 is 0 Å². The van der Waals surface area contributed by atoms with Gasteiger partial charge in [-0.25, -0.2) is 0 Å². The van der Waals surface area contributed by atoms with Crippen LogP contribution in [0, 0.1) is 13.0 Å². The average Bonchev–Trinajstić information content (AvgIpc) is 2.90. The molecule has 0 atom stereocenters. The van der Waals surface area contributed by atoms with Crippen molar-refractivity contribution in [3.05, 3.63) is 78.1 Å². The lowest BCUT2D eigenvalue weighted by Crippen LogP contribution is -2.00. The van der Waals surface area contributed by atoms with Crippen LogP contribution in [0.25, 0.3) is 21.8 Å². The largest absolute Gasteiger partial charge is 0.343 e. The Hall–Kier alpha value is -2.61. The van der Waals surface area contributed by atoms with Gasteiger partial charge in [-0.1, -0.05) is 24.3 Å².